The summed E-state index contributed by atoms with van der Waals surface area (Å²) in [5.41, 5.74) is 4.61. The molecule has 1 N–H and O–H groups in total. The van der Waals surface area contributed by atoms with Crippen molar-refractivity contribution in [1.29, 1.82) is 0 Å². The van der Waals surface area contributed by atoms with E-state index in [0.717, 1.165) is 39.7 Å². The van der Waals surface area contributed by atoms with Crippen LogP contribution >= 0.6 is 0 Å². The zero-order chi connectivity index (χ0) is 21.7. The number of nitrogens with one attached hydrogen (secondary N) is 1. The van der Waals surface area contributed by atoms with Gasteiger partial charge >= 0.3 is 5.97 Å². The molecule has 2 aromatic carbocycles. The molecule has 0 radical (unpaired) electrons. The normalized spacial score (nSPS) is 12.9. The summed E-state index contributed by atoms with van der Waals surface area (Å²) in [6.45, 7) is 5.84. The molecule has 3 rings (SSSR count). The summed E-state index contributed by atoms with van der Waals surface area (Å²) in [5, 5.41) is 3.88. The molecule has 2 atom stereocenters. The van der Waals surface area contributed by atoms with E-state index in [4.69, 9.17) is 9.72 Å². The van der Waals surface area contributed by atoms with Crippen LogP contribution in [0.5, 0.6) is 0 Å². The van der Waals surface area contributed by atoms with Crippen LogP contribution in [0.1, 0.15) is 31.5 Å². The Hall–Kier alpha value is -3.21. The van der Waals surface area contributed by atoms with Crippen LogP contribution in [0, 0.1) is 12.8 Å². The summed E-state index contributed by atoms with van der Waals surface area (Å²) in [6.07, 6.45) is 0.893. The molecule has 0 aliphatic carbocycles. The van der Waals surface area contributed by atoms with E-state index in [-0.39, 0.29) is 18.2 Å². The zero-order valence-corrected chi connectivity index (χ0v) is 17.9. The summed E-state index contributed by atoms with van der Waals surface area (Å²) < 4.78 is 4.89. The Morgan fingerprint density at radius 2 is 1.73 bits per heavy atom. The molecule has 2 unspecified atom stereocenters. The summed E-state index contributed by atoms with van der Waals surface area (Å²) in [5.74, 6) is -0.664. The SMILES string of the molecule is CCC(C)C(NC(=O)Cc1c(C)nc2ccccc2c1-c1ccccc1)C(=O)OC. The number of carbonyl (C=O) groups is 2. The third-order valence-electron chi connectivity index (χ3n) is 5.58. The highest BCUT2D eigenvalue weighted by molar-refractivity contribution is 5.98. The molecule has 0 aliphatic rings. The highest BCUT2D eigenvalue weighted by Gasteiger charge is 2.27. The largest absolute Gasteiger partial charge is 0.467 e. The van der Waals surface area contributed by atoms with Gasteiger partial charge in [0.1, 0.15) is 6.04 Å². The van der Waals surface area contributed by atoms with Crippen molar-refractivity contribution in [3.05, 3.63) is 65.9 Å². The molecule has 5 nitrogen and oxygen atoms in total. The predicted octanol–water partition coefficient (Wildman–Crippen LogP) is 4.46. The van der Waals surface area contributed by atoms with E-state index in [9.17, 15) is 9.59 Å². The van der Waals surface area contributed by atoms with Crippen LogP contribution in [-0.4, -0.2) is 30.0 Å². The van der Waals surface area contributed by atoms with E-state index in [1.807, 2.05) is 75.4 Å². The van der Waals surface area contributed by atoms with Gasteiger partial charge in [0.25, 0.3) is 0 Å². The number of para-hydroxylation sites is 1. The van der Waals surface area contributed by atoms with Gasteiger partial charge in [-0.3, -0.25) is 9.78 Å². The lowest BCUT2D eigenvalue weighted by Crippen LogP contribution is -2.46. The Balaban J connectivity index is 2.02. The van der Waals surface area contributed by atoms with Gasteiger partial charge in [0.15, 0.2) is 0 Å². The summed E-state index contributed by atoms with van der Waals surface area (Å²) in [4.78, 5) is 29.9. The van der Waals surface area contributed by atoms with Gasteiger partial charge in [-0.1, -0.05) is 68.8 Å². The number of methoxy groups -OCH3 is 1. The van der Waals surface area contributed by atoms with Crippen molar-refractivity contribution in [3.63, 3.8) is 0 Å². The van der Waals surface area contributed by atoms with Crippen molar-refractivity contribution in [2.75, 3.05) is 7.11 Å². The minimum atomic E-state index is -0.665. The third-order valence-corrected chi connectivity index (χ3v) is 5.58. The Bertz CT molecular complexity index is 1050. The Morgan fingerprint density at radius 1 is 1.07 bits per heavy atom. The van der Waals surface area contributed by atoms with Crippen LogP contribution in [0.2, 0.25) is 0 Å². The number of nitrogens with zero attached hydrogens (tertiary/aromatic N) is 1. The lowest BCUT2D eigenvalue weighted by atomic mass is 9.92. The molecule has 0 fully saturated rings. The van der Waals surface area contributed by atoms with Crippen LogP contribution in [-0.2, 0) is 20.7 Å². The summed E-state index contributed by atoms with van der Waals surface area (Å²) >= 11 is 0. The topological polar surface area (TPSA) is 68.3 Å². The lowest BCUT2D eigenvalue weighted by Gasteiger charge is -2.22. The van der Waals surface area contributed by atoms with Gasteiger partial charge in [0.05, 0.1) is 19.0 Å². The molecule has 1 amide bonds. The van der Waals surface area contributed by atoms with E-state index in [0.29, 0.717) is 0 Å². The Morgan fingerprint density at radius 3 is 2.40 bits per heavy atom. The van der Waals surface area contributed by atoms with Crippen molar-refractivity contribution in [1.82, 2.24) is 10.3 Å². The van der Waals surface area contributed by atoms with Crippen molar-refractivity contribution < 1.29 is 14.3 Å². The molecule has 0 bridgehead atoms. The monoisotopic (exact) mass is 404 g/mol. The molecule has 3 aromatic rings. The quantitative estimate of drug-likeness (QED) is 0.591. The molecule has 156 valence electrons. The highest BCUT2D eigenvalue weighted by atomic mass is 16.5. The number of benzene rings is 2. The van der Waals surface area contributed by atoms with Crippen molar-refractivity contribution in [2.45, 2.75) is 39.7 Å². The number of aryl methyl sites for hydroxylation is 1. The number of esters is 1. The highest BCUT2D eigenvalue weighted by Crippen LogP contribution is 2.33. The van der Waals surface area contributed by atoms with Crippen LogP contribution in [0.3, 0.4) is 0 Å². The first-order valence-electron chi connectivity index (χ1n) is 10.3. The smallest absolute Gasteiger partial charge is 0.328 e. The number of hydrogen-bond donors (Lipinski definition) is 1. The average Bonchev–Trinajstić information content (AvgIpc) is 2.77. The Labute approximate surface area is 177 Å². The summed E-state index contributed by atoms with van der Waals surface area (Å²) in [6, 6.07) is 17.3. The van der Waals surface area contributed by atoms with Gasteiger partial charge in [-0.15, -0.1) is 0 Å². The second kappa shape index (κ2) is 9.53. The molecule has 1 aromatic heterocycles. The van der Waals surface area contributed by atoms with Crippen LogP contribution in [0.25, 0.3) is 22.0 Å². The van der Waals surface area contributed by atoms with E-state index in [2.05, 4.69) is 5.32 Å². The lowest BCUT2D eigenvalue weighted by molar-refractivity contribution is -0.146. The Kier molecular flexibility index (Phi) is 6.83. The number of aromatic nitrogens is 1. The first-order valence-corrected chi connectivity index (χ1v) is 10.3. The number of carbonyl (C=O) groups excluding carboxylic acids is 2. The fourth-order valence-corrected chi connectivity index (χ4v) is 3.71. The van der Waals surface area contributed by atoms with Gasteiger partial charge in [0.2, 0.25) is 5.91 Å². The zero-order valence-electron chi connectivity index (χ0n) is 17.9. The average molecular weight is 405 g/mol. The van der Waals surface area contributed by atoms with Crippen LogP contribution < -0.4 is 5.32 Å². The second-order valence-electron chi connectivity index (χ2n) is 7.56. The van der Waals surface area contributed by atoms with Gasteiger partial charge in [-0.05, 0) is 35.6 Å². The minimum absolute atomic E-state index is 0.0224. The van der Waals surface area contributed by atoms with Crippen molar-refractivity contribution in [2.24, 2.45) is 5.92 Å². The number of ether oxygens (including phenoxy) is 1. The molecule has 0 saturated carbocycles. The standard InChI is InChI=1S/C25H28N2O3/c1-5-16(2)24(25(29)30-4)27-22(28)15-20-17(3)26-21-14-10-9-13-19(21)23(20)18-11-7-6-8-12-18/h6-14,16,24H,5,15H2,1-4H3,(H,27,28). The molecule has 0 saturated heterocycles. The maximum Gasteiger partial charge on any atom is 0.328 e. The second-order valence-corrected chi connectivity index (χ2v) is 7.56. The first-order chi connectivity index (χ1) is 14.5. The van der Waals surface area contributed by atoms with Crippen LogP contribution in [0.4, 0.5) is 0 Å². The van der Waals surface area contributed by atoms with E-state index in [1.54, 1.807) is 0 Å². The maximum absolute atomic E-state index is 13.0. The predicted molar refractivity (Wildman–Crippen MR) is 119 cm³/mol. The number of rotatable bonds is 7. The minimum Gasteiger partial charge on any atom is -0.467 e. The van der Waals surface area contributed by atoms with E-state index < -0.39 is 12.0 Å². The summed E-state index contributed by atoms with van der Waals surface area (Å²) in [7, 11) is 1.34. The van der Waals surface area contributed by atoms with E-state index >= 15 is 0 Å². The van der Waals surface area contributed by atoms with Crippen molar-refractivity contribution >= 4 is 22.8 Å². The van der Waals surface area contributed by atoms with Gasteiger partial charge < -0.3 is 10.1 Å². The molecule has 1 heterocycles. The van der Waals surface area contributed by atoms with E-state index in [1.165, 1.54) is 7.11 Å². The molecule has 0 spiro atoms. The number of amides is 1. The van der Waals surface area contributed by atoms with Gasteiger partial charge in [-0.25, -0.2) is 4.79 Å². The molecule has 5 heteroatoms. The third kappa shape index (κ3) is 4.51. The fraction of sp³-hybridized carbons (Fsp3) is 0.320. The number of hydrogen-bond acceptors (Lipinski definition) is 4. The van der Waals surface area contributed by atoms with Gasteiger partial charge in [-0.2, -0.15) is 0 Å². The number of fused-ring (bicyclic) bond motifs is 1. The first kappa shape index (κ1) is 21.5. The molecule has 30 heavy (non-hydrogen) atoms. The fourth-order valence-electron chi connectivity index (χ4n) is 3.71. The number of pyridine rings is 1. The van der Waals surface area contributed by atoms with Crippen molar-refractivity contribution in [3.8, 4) is 11.1 Å². The molecular formula is C25H28N2O3. The van der Waals surface area contributed by atoms with Gasteiger partial charge in [0, 0.05) is 11.1 Å². The van der Waals surface area contributed by atoms with Crippen LogP contribution in [0.15, 0.2) is 54.6 Å². The maximum atomic E-state index is 13.0. The molecular weight excluding hydrogens is 376 g/mol. The molecule has 0 aliphatic heterocycles.